The van der Waals surface area contributed by atoms with Gasteiger partial charge >= 0.3 is 0 Å². The number of hydrogen-bond donors (Lipinski definition) is 3. The van der Waals surface area contributed by atoms with Crippen molar-refractivity contribution >= 4 is 17.7 Å². The molecule has 0 heterocycles. The highest BCUT2D eigenvalue weighted by molar-refractivity contribution is 5.88. The Morgan fingerprint density at radius 1 is 1.22 bits per heavy atom. The molecule has 0 radical (unpaired) electrons. The van der Waals surface area contributed by atoms with Gasteiger partial charge < -0.3 is 21.7 Å². The summed E-state index contributed by atoms with van der Waals surface area (Å²) in [4.78, 5) is 35.1. The fourth-order valence-corrected chi connectivity index (χ4v) is 1.34. The van der Waals surface area contributed by atoms with Gasteiger partial charge in [0.2, 0.25) is 17.7 Å². The highest BCUT2D eigenvalue weighted by Crippen LogP contribution is 1.94. The Bertz CT molecular complexity index is 294. The lowest BCUT2D eigenvalue weighted by Gasteiger charge is -2.20. The third-order valence-electron chi connectivity index (χ3n) is 2.24. The maximum Gasteiger partial charge on any atom is 0.239 e. The minimum absolute atomic E-state index is 0.0928. The predicted octanol–water partition coefficient (Wildman–Crippen LogP) is -1.43. The molecule has 0 rings (SSSR count). The summed E-state index contributed by atoms with van der Waals surface area (Å²) in [5, 5.41) is 2.67. The first-order valence-electron chi connectivity index (χ1n) is 6.04. The standard InChI is InChI=1S/C11H22N4O3/c1-2-3-6-14-10(17)8-15(7-9(13)16)11(18)4-5-12/h2-8,12H2,1H3,(H2,13,16)(H,14,17). The second-order valence-corrected chi connectivity index (χ2v) is 3.96. The van der Waals surface area contributed by atoms with E-state index in [1.165, 1.54) is 0 Å². The van der Waals surface area contributed by atoms with Crippen LogP contribution in [0.1, 0.15) is 26.2 Å². The molecule has 0 atom stereocenters. The fraction of sp³-hybridized carbons (Fsp3) is 0.727. The van der Waals surface area contributed by atoms with Crippen molar-refractivity contribution in [3.8, 4) is 0 Å². The third-order valence-corrected chi connectivity index (χ3v) is 2.24. The normalized spacial score (nSPS) is 9.89. The molecule has 0 aliphatic heterocycles. The summed E-state index contributed by atoms with van der Waals surface area (Å²) in [5.74, 6) is -1.29. The van der Waals surface area contributed by atoms with Crippen LogP contribution in [-0.4, -0.2) is 48.8 Å². The molecule has 0 saturated heterocycles. The lowest BCUT2D eigenvalue weighted by atomic mass is 10.3. The third kappa shape index (κ3) is 7.61. The topological polar surface area (TPSA) is 119 Å². The quantitative estimate of drug-likeness (QED) is 0.439. The van der Waals surface area contributed by atoms with Crippen LogP contribution >= 0.6 is 0 Å². The van der Waals surface area contributed by atoms with Crippen LogP contribution in [0.4, 0.5) is 0 Å². The number of nitrogens with zero attached hydrogens (tertiary/aromatic N) is 1. The van der Waals surface area contributed by atoms with E-state index in [4.69, 9.17) is 11.5 Å². The zero-order chi connectivity index (χ0) is 14.0. The molecule has 0 aromatic heterocycles. The van der Waals surface area contributed by atoms with E-state index in [9.17, 15) is 14.4 Å². The zero-order valence-electron chi connectivity index (χ0n) is 10.8. The molecule has 0 aliphatic carbocycles. The van der Waals surface area contributed by atoms with Gasteiger partial charge in [-0.05, 0) is 6.42 Å². The molecule has 3 amide bonds. The first kappa shape index (κ1) is 16.4. The largest absolute Gasteiger partial charge is 0.368 e. The van der Waals surface area contributed by atoms with Gasteiger partial charge in [0.25, 0.3) is 0 Å². The first-order chi connectivity index (χ1) is 8.51. The van der Waals surface area contributed by atoms with Crippen molar-refractivity contribution in [2.24, 2.45) is 11.5 Å². The van der Waals surface area contributed by atoms with E-state index in [0.29, 0.717) is 6.54 Å². The fourth-order valence-electron chi connectivity index (χ4n) is 1.34. The molecule has 0 fully saturated rings. The number of unbranched alkanes of at least 4 members (excludes halogenated alkanes) is 1. The van der Waals surface area contributed by atoms with Crippen molar-refractivity contribution in [2.75, 3.05) is 26.2 Å². The SMILES string of the molecule is CCCCNC(=O)CN(CC(N)=O)C(=O)CCN. The maximum atomic E-state index is 11.6. The van der Waals surface area contributed by atoms with Gasteiger partial charge in [0.05, 0.1) is 6.54 Å². The molecule has 0 aliphatic rings. The number of carbonyl (C=O) groups is 3. The number of hydrogen-bond acceptors (Lipinski definition) is 4. The van der Waals surface area contributed by atoms with Gasteiger partial charge in [0.15, 0.2) is 0 Å². The molecule has 18 heavy (non-hydrogen) atoms. The molecule has 0 bridgehead atoms. The van der Waals surface area contributed by atoms with E-state index < -0.39 is 5.91 Å². The molecule has 0 aromatic rings. The van der Waals surface area contributed by atoms with Crippen LogP contribution in [0.3, 0.4) is 0 Å². The number of primary amides is 1. The zero-order valence-corrected chi connectivity index (χ0v) is 10.8. The van der Waals surface area contributed by atoms with Crippen LogP contribution < -0.4 is 16.8 Å². The monoisotopic (exact) mass is 258 g/mol. The number of nitrogens with one attached hydrogen (secondary N) is 1. The van der Waals surface area contributed by atoms with Crippen LogP contribution in [0.15, 0.2) is 0 Å². The Morgan fingerprint density at radius 2 is 1.89 bits per heavy atom. The minimum Gasteiger partial charge on any atom is -0.368 e. The Morgan fingerprint density at radius 3 is 2.39 bits per heavy atom. The van der Waals surface area contributed by atoms with Crippen molar-refractivity contribution in [1.29, 1.82) is 0 Å². The van der Waals surface area contributed by atoms with Gasteiger partial charge in [-0.1, -0.05) is 13.3 Å². The number of amides is 3. The molecule has 0 aromatic carbocycles. The molecule has 104 valence electrons. The van der Waals surface area contributed by atoms with E-state index in [2.05, 4.69) is 5.32 Å². The second-order valence-electron chi connectivity index (χ2n) is 3.96. The Kier molecular flexibility index (Phi) is 8.55. The van der Waals surface area contributed by atoms with Crippen molar-refractivity contribution < 1.29 is 14.4 Å². The average molecular weight is 258 g/mol. The highest BCUT2D eigenvalue weighted by atomic mass is 16.2. The van der Waals surface area contributed by atoms with Gasteiger partial charge in [-0.3, -0.25) is 14.4 Å². The summed E-state index contributed by atoms with van der Waals surface area (Å²) in [6, 6.07) is 0. The Balaban J connectivity index is 4.26. The summed E-state index contributed by atoms with van der Waals surface area (Å²) < 4.78 is 0. The van der Waals surface area contributed by atoms with Crippen LogP contribution in [0, 0.1) is 0 Å². The Labute approximate surface area is 107 Å². The van der Waals surface area contributed by atoms with Gasteiger partial charge in [0.1, 0.15) is 6.54 Å². The first-order valence-corrected chi connectivity index (χ1v) is 6.04. The predicted molar refractivity (Wildman–Crippen MR) is 67.4 cm³/mol. The highest BCUT2D eigenvalue weighted by Gasteiger charge is 2.17. The van der Waals surface area contributed by atoms with E-state index in [-0.39, 0.29) is 37.9 Å². The van der Waals surface area contributed by atoms with Crippen molar-refractivity contribution in [1.82, 2.24) is 10.2 Å². The summed E-state index contributed by atoms with van der Waals surface area (Å²) >= 11 is 0. The van der Waals surface area contributed by atoms with E-state index in [0.717, 1.165) is 17.7 Å². The second kappa shape index (κ2) is 9.41. The van der Waals surface area contributed by atoms with Gasteiger partial charge in [-0.15, -0.1) is 0 Å². The summed E-state index contributed by atoms with van der Waals surface area (Å²) in [7, 11) is 0. The smallest absolute Gasteiger partial charge is 0.239 e. The summed E-state index contributed by atoms with van der Waals surface area (Å²) in [6.07, 6.45) is 1.94. The van der Waals surface area contributed by atoms with Crippen molar-refractivity contribution in [3.63, 3.8) is 0 Å². The Hall–Kier alpha value is -1.63. The molecule has 0 saturated carbocycles. The van der Waals surface area contributed by atoms with Crippen molar-refractivity contribution in [2.45, 2.75) is 26.2 Å². The number of nitrogens with two attached hydrogens (primary N) is 2. The van der Waals surface area contributed by atoms with E-state index in [1.807, 2.05) is 6.92 Å². The molecule has 0 unspecified atom stereocenters. The number of rotatable bonds is 9. The van der Waals surface area contributed by atoms with E-state index >= 15 is 0 Å². The van der Waals surface area contributed by atoms with Crippen LogP contribution in [0.25, 0.3) is 0 Å². The van der Waals surface area contributed by atoms with Crippen LogP contribution in [-0.2, 0) is 14.4 Å². The molecule has 5 N–H and O–H groups in total. The molecule has 7 heteroatoms. The molecule has 0 spiro atoms. The van der Waals surface area contributed by atoms with E-state index in [1.54, 1.807) is 0 Å². The lowest BCUT2D eigenvalue weighted by Crippen LogP contribution is -2.45. The molecule has 7 nitrogen and oxygen atoms in total. The maximum absolute atomic E-state index is 11.6. The van der Waals surface area contributed by atoms with Crippen LogP contribution in [0.5, 0.6) is 0 Å². The van der Waals surface area contributed by atoms with Gasteiger partial charge in [0, 0.05) is 19.5 Å². The van der Waals surface area contributed by atoms with Gasteiger partial charge in [-0.25, -0.2) is 0 Å². The van der Waals surface area contributed by atoms with Gasteiger partial charge in [-0.2, -0.15) is 0 Å². The average Bonchev–Trinajstić information content (AvgIpc) is 2.28. The summed E-state index contributed by atoms with van der Waals surface area (Å²) in [5.41, 5.74) is 10.3. The molecular weight excluding hydrogens is 236 g/mol. The molecular formula is C11H22N4O3. The minimum atomic E-state index is -0.651. The number of carbonyl (C=O) groups excluding carboxylic acids is 3. The van der Waals surface area contributed by atoms with Crippen molar-refractivity contribution in [3.05, 3.63) is 0 Å². The summed E-state index contributed by atoms with van der Waals surface area (Å²) in [6.45, 7) is 2.32. The van der Waals surface area contributed by atoms with Crippen LogP contribution in [0.2, 0.25) is 0 Å². The lowest BCUT2D eigenvalue weighted by molar-refractivity contribution is -0.138.